The highest BCUT2D eigenvalue weighted by molar-refractivity contribution is 6.03. The van der Waals surface area contributed by atoms with Crippen LogP contribution in [-0.4, -0.2) is 27.2 Å². The van der Waals surface area contributed by atoms with E-state index in [4.69, 9.17) is 4.52 Å². The Kier molecular flexibility index (Phi) is 3.45. The van der Waals surface area contributed by atoms with Gasteiger partial charge in [0, 0.05) is 25.5 Å². The van der Waals surface area contributed by atoms with Gasteiger partial charge in [-0.25, -0.2) is 4.98 Å². The van der Waals surface area contributed by atoms with Crippen LogP contribution in [0.3, 0.4) is 0 Å². The number of rotatable bonds is 5. The first kappa shape index (κ1) is 12.4. The number of benzene rings is 1. The standard InChI is InChI=1S/C14H14N4O2/c19-14(16-6-3-8-18-9-7-15-10-18)13-11-4-1-2-5-12(11)20-17-13/h1-2,4-5,7,9-10H,3,6,8H2,(H,16,19). The number of carbonyl (C=O) groups is 1. The van der Waals surface area contributed by atoms with Crippen LogP contribution < -0.4 is 5.32 Å². The van der Waals surface area contributed by atoms with Gasteiger partial charge in [-0.3, -0.25) is 4.79 Å². The van der Waals surface area contributed by atoms with Crippen LogP contribution in [0.25, 0.3) is 11.0 Å². The zero-order valence-electron chi connectivity index (χ0n) is 10.8. The maximum absolute atomic E-state index is 12.0. The van der Waals surface area contributed by atoms with Crippen molar-refractivity contribution in [1.82, 2.24) is 20.0 Å². The van der Waals surface area contributed by atoms with Crippen molar-refractivity contribution in [3.8, 4) is 0 Å². The van der Waals surface area contributed by atoms with Gasteiger partial charge in [0.25, 0.3) is 5.91 Å². The average Bonchev–Trinajstić information content (AvgIpc) is 3.12. The topological polar surface area (TPSA) is 73.0 Å². The summed E-state index contributed by atoms with van der Waals surface area (Å²) in [5.41, 5.74) is 0.958. The van der Waals surface area contributed by atoms with Crippen LogP contribution in [0.5, 0.6) is 0 Å². The molecule has 2 heterocycles. The van der Waals surface area contributed by atoms with Crippen molar-refractivity contribution in [2.75, 3.05) is 6.54 Å². The Morgan fingerprint density at radius 1 is 1.35 bits per heavy atom. The van der Waals surface area contributed by atoms with E-state index in [1.807, 2.05) is 29.0 Å². The van der Waals surface area contributed by atoms with E-state index >= 15 is 0 Å². The highest BCUT2D eigenvalue weighted by atomic mass is 16.5. The van der Waals surface area contributed by atoms with Gasteiger partial charge in [-0.15, -0.1) is 0 Å². The Labute approximate surface area is 115 Å². The number of hydrogen-bond donors (Lipinski definition) is 1. The molecule has 3 rings (SSSR count). The SMILES string of the molecule is O=C(NCCCn1ccnc1)c1noc2ccccc12. The molecule has 0 unspecified atom stereocenters. The summed E-state index contributed by atoms with van der Waals surface area (Å²) in [6.07, 6.45) is 6.22. The molecule has 0 radical (unpaired) electrons. The van der Waals surface area contributed by atoms with E-state index < -0.39 is 0 Å². The summed E-state index contributed by atoms with van der Waals surface area (Å²) in [6, 6.07) is 7.32. The monoisotopic (exact) mass is 270 g/mol. The summed E-state index contributed by atoms with van der Waals surface area (Å²) >= 11 is 0. The number of amides is 1. The normalized spacial score (nSPS) is 10.8. The Morgan fingerprint density at radius 2 is 2.25 bits per heavy atom. The molecule has 1 amide bonds. The van der Waals surface area contributed by atoms with Crippen molar-refractivity contribution in [2.24, 2.45) is 0 Å². The zero-order chi connectivity index (χ0) is 13.8. The number of aromatic nitrogens is 3. The molecule has 0 aliphatic heterocycles. The number of carbonyl (C=O) groups excluding carboxylic acids is 1. The number of aryl methyl sites for hydroxylation is 1. The molecule has 102 valence electrons. The number of hydrogen-bond acceptors (Lipinski definition) is 4. The summed E-state index contributed by atoms with van der Waals surface area (Å²) in [5, 5.41) is 7.40. The summed E-state index contributed by atoms with van der Waals surface area (Å²) in [5.74, 6) is -0.208. The van der Waals surface area contributed by atoms with E-state index in [9.17, 15) is 4.79 Å². The van der Waals surface area contributed by atoms with E-state index in [1.165, 1.54) is 0 Å². The van der Waals surface area contributed by atoms with E-state index in [-0.39, 0.29) is 5.91 Å². The first-order chi connectivity index (χ1) is 9.84. The van der Waals surface area contributed by atoms with Gasteiger partial charge in [0.1, 0.15) is 0 Å². The molecule has 0 saturated heterocycles. The van der Waals surface area contributed by atoms with Crippen LogP contribution in [0.1, 0.15) is 16.9 Å². The van der Waals surface area contributed by atoms with E-state index in [1.54, 1.807) is 18.6 Å². The minimum absolute atomic E-state index is 0.208. The van der Waals surface area contributed by atoms with Crippen molar-refractivity contribution in [3.05, 3.63) is 48.7 Å². The second-order valence-electron chi connectivity index (χ2n) is 4.44. The quantitative estimate of drug-likeness (QED) is 0.718. The molecule has 0 atom stereocenters. The maximum atomic E-state index is 12.0. The largest absolute Gasteiger partial charge is 0.355 e. The van der Waals surface area contributed by atoms with Crippen LogP contribution in [0.4, 0.5) is 0 Å². The molecule has 3 aromatic rings. The fourth-order valence-corrected chi connectivity index (χ4v) is 2.02. The Balaban J connectivity index is 1.56. The smallest absolute Gasteiger partial charge is 0.274 e. The number of para-hydroxylation sites is 1. The number of nitrogens with one attached hydrogen (secondary N) is 1. The van der Waals surface area contributed by atoms with Gasteiger partial charge >= 0.3 is 0 Å². The molecular weight excluding hydrogens is 256 g/mol. The number of imidazole rings is 1. The molecule has 0 fully saturated rings. The van der Waals surface area contributed by atoms with Crippen molar-refractivity contribution < 1.29 is 9.32 Å². The third kappa shape index (κ3) is 2.54. The Hall–Kier alpha value is -2.63. The van der Waals surface area contributed by atoms with Gasteiger partial charge in [0.15, 0.2) is 11.3 Å². The molecule has 0 aliphatic rings. The average molecular weight is 270 g/mol. The third-order valence-electron chi connectivity index (χ3n) is 3.03. The lowest BCUT2D eigenvalue weighted by molar-refractivity contribution is 0.0945. The first-order valence-corrected chi connectivity index (χ1v) is 6.43. The summed E-state index contributed by atoms with van der Waals surface area (Å²) in [7, 11) is 0. The molecule has 2 aromatic heterocycles. The Bertz CT molecular complexity index is 703. The summed E-state index contributed by atoms with van der Waals surface area (Å²) < 4.78 is 7.08. The van der Waals surface area contributed by atoms with Gasteiger partial charge in [-0.05, 0) is 18.6 Å². The van der Waals surface area contributed by atoms with Crippen LogP contribution in [0, 0.1) is 0 Å². The number of nitrogens with zero attached hydrogens (tertiary/aromatic N) is 3. The van der Waals surface area contributed by atoms with Gasteiger partial charge in [-0.2, -0.15) is 0 Å². The lowest BCUT2D eigenvalue weighted by Gasteiger charge is -2.03. The van der Waals surface area contributed by atoms with Crippen molar-refractivity contribution in [2.45, 2.75) is 13.0 Å². The van der Waals surface area contributed by atoms with Gasteiger partial charge in [0.05, 0.1) is 11.7 Å². The predicted molar refractivity (Wildman–Crippen MR) is 73.2 cm³/mol. The summed E-state index contributed by atoms with van der Waals surface area (Å²) in [6.45, 7) is 1.40. The van der Waals surface area contributed by atoms with Crippen molar-refractivity contribution in [1.29, 1.82) is 0 Å². The molecule has 1 N–H and O–H groups in total. The first-order valence-electron chi connectivity index (χ1n) is 6.43. The molecule has 0 bridgehead atoms. The predicted octanol–water partition coefficient (Wildman–Crippen LogP) is 1.84. The molecule has 0 aliphatic carbocycles. The van der Waals surface area contributed by atoms with Crippen molar-refractivity contribution >= 4 is 16.9 Å². The molecule has 6 heteroatoms. The fourth-order valence-electron chi connectivity index (χ4n) is 2.02. The minimum Gasteiger partial charge on any atom is -0.355 e. The van der Waals surface area contributed by atoms with Crippen LogP contribution in [-0.2, 0) is 6.54 Å². The highest BCUT2D eigenvalue weighted by Crippen LogP contribution is 2.17. The molecule has 6 nitrogen and oxygen atoms in total. The molecule has 20 heavy (non-hydrogen) atoms. The van der Waals surface area contributed by atoms with E-state index in [2.05, 4.69) is 15.5 Å². The third-order valence-corrected chi connectivity index (χ3v) is 3.03. The van der Waals surface area contributed by atoms with Crippen molar-refractivity contribution in [3.63, 3.8) is 0 Å². The lowest BCUT2D eigenvalue weighted by Crippen LogP contribution is -2.25. The number of fused-ring (bicyclic) bond motifs is 1. The minimum atomic E-state index is -0.208. The highest BCUT2D eigenvalue weighted by Gasteiger charge is 2.14. The maximum Gasteiger partial charge on any atom is 0.274 e. The van der Waals surface area contributed by atoms with Crippen LogP contribution >= 0.6 is 0 Å². The lowest BCUT2D eigenvalue weighted by atomic mass is 10.2. The zero-order valence-corrected chi connectivity index (χ0v) is 10.8. The molecule has 1 aromatic carbocycles. The molecule has 0 spiro atoms. The molecule has 0 saturated carbocycles. The van der Waals surface area contributed by atoms with Crippen LogP contribution in [0.2, 0.25) is 0 Å². The van der Waals surface area contributed by atoms with Crippen LogP contribution in [0.15, 0.2) is 47.5 Å². The Morgan fingerprint density at radius 3 is 3.10 bits per heavy atom. The van der Waals surface area contributed by atoms with Gasteiger partial charge < -0.3 is 14.4 Å². The molecular formula is C14H14N4O2. The van der Waals surface area contributed by atoms with Gasteiger partial charge in [0.2, 0.25) is 0 Å². The fraction of sp³-hybridized carbons (Fsp3) is 0.214. The van der Waals surface area contributed by atoms with E-state index in [0.29, 0.717) is 17.8 Å². The van der Waals surface area contributed by atoms with E-state index in [0.717, 1.165) is 18.4 Å². The second kappa shape index (κ2) is 5.56. The van der Waals surface area contributed by atoms with Gasteiger partial charge in [-0.1, -0.05) is 17.3 Å². The summed E-state index contributed by atoms with van der Waals surface area (Å²) in [4.78, 5) is 16.0. The second-order valence-corrected chi connectivity index (χ2v) is 4.44.